The Balaban J connectivity index is 1.64. The molecule has 9 nitrogen and oxygen atoms in total. The van der Waals surface area contributed by atoms with Crippen molar-refractivity contribution in [2.45, 2.75) is 31.7 Å². The van der Waals surface area contributed by atoms with E-state index in [2.05, 4.69) is 20.6 Å². The number of aryl methyl sites for hydroxylation is 1. The summed E-state index contributed by atoms with van der Waals surface area (Å²) in [5.41, 5.74) is 3.32. The quantitative estimate of drug-likeness (QED) is 0.447. The molecule has 0 saturated heterocycles. The predicted octanol–water partition coefficient (Wildman–Crippen LogP) is 4.16. The van der Waals surface area contributed by atoms with E-state index in [0.29, 0.717) is 28.6 Å². The molecule has 0 aliphatic heterocycles. The van der Waals surface area contributed by atoms with E-state index in [1.807, 2.05) is 26.8 Å². The van der Waals surface area contributed by atoms with Gasteiger partial charge in [-0.3, -0.25) is 4.57 Å². The average molecular weight is 454 g/mol. The van der Waals surface area contributed by atoms with Gasteiger partial charge >= 0.3 is 5.76 Å². The molecule has 2 aromatic heterocycles. The van der Waals surface area contributed by atoms with Gasteiger partial charge in [0.1, 0.15) is 5.82 Å². The van der Waals surface area contributed by atoms with Gasteiger partial charge in [0.05, 0.1) is 10.4 Å². The molecule has 0 bridgehead atoms. The minimum atomic E-state index is -3.32. The molecule has 166 valence electrons. The molecule has 4 aromatic rings. The third kappa shape index (κ3) is 4.35. The second-order valence-corrected chi connectivity index (χ2v) is 9.81. The SMILES string of the molecule is Cc1cnc(Nc2cccc(S(C)(=O)=O)c2)nc1Nc1ccc2oc(=O)n(C(C)C)c2c1. The van der Waals surface area contributed by atoms with Crippen LogP contribution in [-0.4, -0.2) is 29.2 Å². The molecule has 0 atom stereocenters. The van der Waals surface area contributed by atoms with Crippen molar-refractivity contribution < 1.29 is 12.8 Å². The molecule has 0 fully saturated rings. The average Bonchev–Trinajstić information content (AvgIpc) is 3.05. The number of rotatable bonds is 6. The Morgan fingerprint density at radius 1 is 1.06 bits per heavy atom. The lowest BCUT2D eigenvalue weighted by Gasteiger charge is -2.12. The smallest absolute Gasteiger partial charge is 0.408 e. The Morgan fingerprint density at radius 3 is 2.53 bits per heavy atom. The third-order valence-electron chi connectivity index (χ3n) is 4.88. The Labute approximate surface area is 185 Å². The summed E-state index contributed by atoms with van der Waals surface area (Å²) in [6.45, 7) is 5.71. The van der Waals surface area contributed by atoms with Crippen molar-refractivity contribution in [1.29, 1.82) is 0 Å². The first kappa shape index (κ1) is 21.6. The fourth-order valence-electron chi connectivity index (χ4n) is 3.30. The van der Waals surface area contributed by atoms with Crippen LogP contribution in [0.4, 0.5) is 23.1 Å². The van der Waals surface area contributed by atoms with E-state index in [1.54, 1.807) is 35.0 Å². The first-order valence-electron chi connectivity index (χ1n) is 9.95. The maximum atomic E-state index is 12.1. The van der Waals surface area contributed by atoms with Crippen LogP contribution in [0.2, 0.25) is 0 Å². The summed E-state index contributed by atoms with van der Waals surface area (Å²) in [5.74, 6) is 0.489. The normalized spacial score (nSPS) is 11.8. The highest BCUT2D eigenvalue weighted by atomic mass is 32.2. The lowest BCUT2D eigenvalue weighted by Crippen LogP contribution is -2.15. The highest BCUT2D eigenvalue weighted by Gasteiger charge is 2.14. The molecule has 0 aliphatic carbocycles. The van der Waals surface area contributed by atoms with E-state index in [4.69, 9.17) is 4.42 Å². The number of hydrogen-bond acceptors (Lipinski definition) is 8. The van der Waals surface area contributed by atoms with Crippen molar-refractivity contribution in [1.82, 2.24) is 14.5 Å². The standard InChI is InChI=1S/C22H23N5O4S/c1-13(2)27-18-11-16(8-9-19(18)31-22(27)28)24-20-14(3)12-23-21(26-20)25-15-6-5-7-17(10-15)32(4,29)30/h5-13H,1-4H3,(H2,23,24,25,26). The summed E-state index contributed by atoms with van der Waals surface area (Å²) in [6, 6.07) is 11.8. The van der Waals surface area contributed by atoms with Gasteiger partial charge in [-0.25, -0.2) is 18.2 Å². The van der Waals surface area contributed by atoms with Crippen LogP contribution >= 0.6 is 0 Å². The first-order chi connectivity index (χ1) is 15.1. The molecule has 0 radical (unpaired) electrons. The van der Waals surface area contributed by atoms with Gasteiger partial charge in [0.15, 0.2) is 15.4 Å². The van der Waals surface area contributed by atoms with E-state index in [9.17, 15) is 13.2 Å². The van der Waals surface area contributed by atoms with Crippen molar-refractivity contribution in [2.75, 3.05) is 16.9 Å². The van der Waals surface area contributed by atoms with Crippen LogP contribution in [0.3, 0.4) is 0 Å². The molecular weight excluding hydrogens is 430 g/mol. The van der Waals surface area contributed by atoms with Crippen LogP contribution in [0.1, 0.15) is 25.5 Å². The number of oxazole rings is 1. The number of nitrogens with one attached hydrogen (secondary N) is 2. The van der Waals surface area contributed by atoms with E-state index in [1.165, 1.54) is 12.1 Å². The molecule has 2 N–H and O–H groups in total. The van der Waals surface area contributed by atoms with Crippen molar-refractivity contribution in [3.63, 3.8) is 0 Å². The van der Waals surface area contributed by atoms with Gasteiger partial charge in [0.2, 0.25) is 5.95 Å². The van der Waals surface area contributed by atoms with Gasteiger partial charge in [-0.05, 0) is 57.2 Å². The molecule has 32 heavy (non-hydrogen) atoms. The van der Waals surface area contributed by atoms with Crippen LogP contribution < -0.4 is 16.4 Å². The fraction of sp³-hybridized carbons (Fsp3) is 0.227. The van der Waals surface area contributed by atoms with Crippen molar-refractivity contribution in [3.8, 4) is 0 Å². The van der Waals surface area contributed by atoms with Gasteiger partial charge in [-0.15, -0.1) is 0 Å². The summed E-state index contributed by atoms with van der Waals surface area (Å²) >= 11 is 0. The zero-order valence-electron chi connectivity index (χ0n) is 18.1. The summed E-state index contributed by atoms with van der Waals surface area (Å²) < 4.78 is 30.5. The number of sulfone groups is 1. The number of fused-ring (bicyclic) bond motifs is 1. The second-order valence-electron chi connectivity index (χ2n) is 7.79. The lowest BCUT2D eigenvalue weighted by molar-refractivity contribution is 0.478. The Hall–Kier alpha value is -3.66. The molecule has 0 amide bonds. The molecule has 0 aliphatic rings. The van der Waals surface area contributed by atoms with Gasteiger partial charge in [0, 0.05) is 35.4 Å². The summed E-state index contributed by atoms with van der Waals surface area (Å²) in [7, 11) is -3.32. The van der Waals surface area contributed by atoms with Crippen LogP contribution in [0.25, 0.3) is 11.1 Å². The zero-order chi connectivity index (χ0) is 23.0. The summed E-state index contributed by atoms with van der Waals surface area (Å²) in [4.78, 5) is 21.1. The summed E-state index contributed by atoms with van der Waals surface area (Å²) in [5, 5.41) is 6.30. The molecule has 10 heteroatoms. The molecular formula is C22H23N5O4S. The number of aromatic nitrogens is 3. The maximum Gasteiger partial charge on any atom is 0.420 e. The van der Waals surface area contributed by atoms with E-state index in [0.717, 1.165) is 17.5 Å². The number of anilines is 4. The van der Waals surface area contributed by atoms with Gasteiger partial charge in [0.25, 0.3) is 0 Å². The molecule has 0 saturated carbocycles. The lowest BCUT2D eigenvalue weighted by atomic mass is 10.2. The minimum absolute atomic E-state index is 0.0433. The Bertz CT molecular complexity index is 1470. The van der Waals surface area contributed by atoms with Crippen molar-refractivity contribution in [3.05, 3.63) is 64.8 Å². The van der Waals surface area contributed by atoms with E-state index >= 15 is 0 Å². The summed E-state index contributed by atoms with van der Waals surface area (Å²) in [6.07, 6.45) is 2.82. The second kappa shape index (κ2) is 8.12. The van der Waals surface area contributed by atoms with Gasteiger partial charge in [-0.2, -0.15) is 4.98 Å². The Kier molecular flexibility index (Phi) is 5.47. The fourth-order valence-corrected chi connectivity index (χ4v) is 3.97. The van der Waals surface area contributed by atoms with Crippen LogP contribution in [0, 0.1) is 6.92 Å². The zero-order valence-corrected chi connectivity index (χ0v) is 18.9. The van der Waals surface area contributed by atoms with Gasteiger partial charge < -0.3 is 15.1 Å². The minimum Gasteiger partial charge on any atom is -0.408 e. The van der Waals surface area contributed by atoms with Crippen LogP contribution in [-0.2, 0) is 9.84 Å². The molecule has 0 spiro atoms. The Morgan fingerprint density at radius 2 is 1.81 bits per heavy atom. The number of benzene rings is 2. The van der Waals surface area contributed by atoms with Crippen LogP contribution in [0.5, 0.6) is 0 Å². The third-order valence-corrected chi connectivity index (χ3v) is 5.99. The first-order valence-corrected chi connectivity index (χ1v) is 11.8. The number of hydrogen-bond donors (Lipinski definition) is 2. The largest absolute Gasteiger partial charge is 0.420 e. The maximum absolute atomic E-state index is 12.1. The molecule has 2 heterocycles. The number of nitrogens with zero attached hydrogens (tertiary/aromatic N) is 3. The van der Waals surface area contributed by atoms with Gasteiger partial charge in [-0.1, -0.05) is 6.07 Å². The van der Waals surface area contributed by atoms with E-state index < -0.39 is 15.6 Å². The molecule has 2 aromatic carbocycles. The molecule has 0 unspecified atom stereocenters. The molecule has 4 rings (SSSR count). The highest BCUT2D eigenvalue weighted by Crippen LogP contribution is 2.25. The topological polar surface area (TPSA) is 119 Å². The highest BCUT2D eigenvalue weighted by molar-refractivity contribution is 7.90. The van der Waals surface area contributed by atoms with Crippen LogP contribution in [0.15, 0.2) is 62.8 Å². The van der Waals surface area contributed by atoms with Crippen molar-refractivity contribution >= 4 is 44.1 Å². The predicted molar refractivity (Wildman–Crippen MR) is 124 cm³/mol. The van der Waals surface area contributed by atoms with Crippen molar-refractivity contribution in [2.24, 2.45) is 0 Å². The monoisotopic (exact) mass is 453 g/mol. The van der Waals surface area contributed by atoms with E-state index in [-0.39, 0.29) is 10.9 Å².